The molecule has 18 heavy (non-hydrogen) atoms. The molecule has 0 amide bonds. The Balaban J connectivity index is 1.93. The lowest BCUT2D eigenvalue weighted by Crippen LogP contribution is -2.10. The van der Waals surface area contributed by atoms with Gasteiger partial charge in [0.15, 0.2) is 0 Å². The molecule has 2 heterocycles. The highest BCUT2D eigenvalue weighted by molar-refractivity contribution is 6.34. The first-order chi connectivity index (χ1) is 8.90. The van der Waals surface area contributed by atoms with Crippen LogP contribution in [0.5, 0.6) is 0 Å². The number of nitrogens with zero attached hydrogens (tertiary/aromatic N) is 2. The van der Waals surface area contributed by atoms with Crippen molar-refractivity contribution in [3.8, 4) is 0 Å². The van der Waals surface area contributed by atoms with Gasteiger partial charge in [-0.15, -0.1) is 0 Å². The van der Waals surface area contributed by atoms with Gasteiger partial charge in [0.2, 0.25) is 0 Å². The Labute approximate surface area is 106 Å². The standard InChI is InChI=1S/C16H12N2/c1-2-4-15-13(3-1)14-10-11-7-8-17-12(9-11)5-6-16(14)18-15/h1-8,10,12H,9H2/b6-5-,14-10-. The molecule has 0 fully saturated rings. The Kier molecular flexibility index (Phi) is 1.97. The van der Waals surface area contributed by atoms with Crippen LogP contribution in [0, 0.1) is 0 Å². The van der Waals surface area contributed by atoms with Crippen LogP contribution in [0.2, 0.25) is 0 Å². The first kappa shape index (κ1) is 9.77. The first-order valence-electron chi connectivity index (χ1n) is 6.21. The second-order valence-electron chi connectivity index (χ2n) is 4.74. The predicted octanol–water partition coefficient (Wildman–Crippen LogP) is 3.50. The number of hydrogen-bond acceptors (Lipinski definition) is 2. The van der Waals surface area contributed by atoms with Crippen LogP contribution in [-0.4, -0.2) is 18.0 Å². The lowest BCUT2D eigenvalue weighted by Gasteiger charge is -2.16. The number of fused-ring (bicyclic) bond motifs is 5. The molecule has 0 N–H and O–H groups in total. The monoisotopic (exact) mass is 232 g/mol. The highest BCUT2D eigenvalue weighted by Gasteiger charge is 2.21. The minimum absolute atomic E-state index is 0.272. The highest BCUT2D eigenvalue weighted by atomic mass is 14.8. The molecule has 0 spiro atoms. The molecule has 2 nitrogen and oxygen atoms in total. The molecule has 1 aromatic carbocycles. The van der Waals surface area contributed by atoms with E-state index in [1.165, 1.54) is 16.7 Å². The van der Waals surface area contributed by atoms with Gasteiger partial charge in [0.05, 0.1) is 17.4 Å². The quantitative estimate of drug-likeness (QED) is 0.654. The summed E-state index contributed by atoms with van der Waals surface area (Å²) in [5, 5.41) is 0. The van der Waals surface area contributed by atoms with Gasteiger partial charge in [0, 0.05) is 17.4 Å². The van der Waals surface area contributed by atoms with Gasteiger partial charge in [-0.3, -0.25) is 4.99 Å². The van der Waals surface area contributed by atoms with Crippen molar-refractivity contribution in [1.29, 1.82) is 0 Å². The van der Waals surface area contributed by atoms with Crippen LogP contribution in [-0.2, 0) is 0 Å². The van der Waals surface area contributed by atoms with E-state index in [4.69, 9.17) is 0 Å². The summed E-state index contributed by atoms with van der Waals surface area (Å²) in [5.41, 5.74) is 5.94. The maximum atomic E-state index is 4.69. The van der Waals surface area contributed by atoms with Crippen LogP contribution >= 0.6 is 0 Å². The summed E-state index contributed by atoms with van der Waals surface area (Å²) in [6, 6.07) is 8.59. The summed E-state index contributed by atoms with van der Waals surface area (Å²) in [7, 11) is 0. The maximum Gasteiger partial charge on any atom is 0.0723 e. The third kappa shape index (κ3) is 1.42. The Morgan fingerprint density at radius 2 is 2.11 bits per heavy atom. The lowest BCUT2D eigenvalue weighted by molar-refractivity contribution is 0.810. The fourth-order valence-electron chi connectivity index (χ4n) is 2.63. The number of para-hydroxylation sites is 1. The topological polar surface area (TPSA) is 24.7 Å². The van der Waals surface area contributed by atoms with Crippen molar-refractivity contribution < 1.29 is 0 Å². The van der Waals surface area contributed by atoms with E-state index in [2.05, 4.69) is 52.5 Å². The number of benzene rings is 1. The van der Waals surface area contributed by atoms with Crippen LogP contribution < -0.4 is 0 Å². The zero-order valence-electron chi connectivity index (χ0n) is 9.88. The van der Waals surface area contributed by atoms with Crippen LogP contribution in [0.4, 0.5) is 5.69 Å². The van der Waals surface area contributed by atoms with Gasteiger partial charge in [-0.1, -0.05) is 24.3 Å². The summed E-state index contributed by atoms with van der Waals surface area (Å²) < 4.78 is 0. The predicted molar refractivity (Wildman–Crippen MR) is 75.6 cm³/mol. The number of dihydropyridines is 1. The Bertz CT molecular complexity index is 672. The van der Waals surface area contributed by atoms with E-state index in [0.717, 1.165) is 17.8 Å². The largest absolute Gasteiger partial charge is 0.285 e. The number of allylic oxidation sites excluding steroid dienone is 4. The van der Waals surface area contributed by atoms with Crippen LogP contribution in [0.25, 0.3) is 5.57 Å². The fraction of sp³-hybridized carbons (Fsp3) is 0.125. The second kappa shape index (κ2) is 3.64. The smallest absolute Gasteiger partial charge is 0.0723 e. The third-order valence-corrected chi connectivity index (χ3v) is 3.53. The minimum Gasteiger partial charge on any atom is -0.285 e. The van der Waals surface area contributed by atoms with Gasteiger partial charge in [-0.05, 0) is 36.3 Å². The highest BCUT2D eigenvalue weighted by Crippen LogP contribution is 2.37. The Morgan fingerprint density at radius 3 is 3.11 bits per heavy atom. The van der Waals surface area contributed by atoms with Gasteiger partial charge >= 0.3 is 0 Å². The molecule has 2 bridgehead atoms. The molecule has 4 rings (SSSR count). The average Bonchev–Trinajstić information content (AvgIpc) is 2.74. The van der Waals surface area contributed by atoms with Crippen LogP contribution in [0.3, 0.4) is 0 Å². The SMILES string of the molecule is C1=NC2/C=C\C3=Nc4ccccc4/C3=C/C(=C1)C2. The maximum absolute atomic E-state index is 4.69. The molecule has 0 saturated carbocycles. The molecule has 1 atom stereocenters. The lowest BCUT2D eigenvalue weighted by atomic mass is 9.93. The summed E-state index contributed by atoms with van der Waals surface area (Å²) in [4.78, 5) is 9.13. The molecule has 1 unspecified atom stereocenters. The molecule has 1 aliphatic carbocycles. The van der Waals surface area contributed by atoms with Crippen LogP contribution in [0.1, 0.15) is 12.0 Å². The van der Waals surface area contributed by atoms with E-state index in [1.807, 2.05) is 12.3 Å². The first-order valence-corrected chi connectivity index (χ1v) is 6.21. The molecule has 1 aromatic rings. The van der Waals surface area contributed by atoms with Crippen LogP contribution in [0.15, 0.2) is 64.1 Å². The normalized spacial score (nSPS) is 28.0. The van der Waals surface area contributed by atoms with Crippen molar-refractivity contribution in [1.82, 2.24) is 0 Å². The molecule has 0 saturated heterocycles. The molecular formula is C16H12N2. The van der Waals surface area contributed by atoms with Crippen molar-refractivity contribution in [2.45, 2.75) is 12.5 Å². The van der Waals surface area contributed by atoms with Gasteiger partial charge in [0.1, 0.15) is 0 Å². The van der Waals surface area contributed by atoms with E-state index in [-0.39, 0.29) is 6.04 Å². The zero-order valence-corrected chi connectivity index (χ0v) is 9.88. The van der Waals surface area contributed by atoms with E-state index < -0.39 is 0 Å². The Morgan fingerprint density at radius 1 is 1.17 bits per heavy atom. The summed E-state index contributed by atoms with van der Waals surface area (Å²) >= 11 is 0. The van der Waals surface area contributed by atoms with Crippen molar-refractivity contribution in [3.63, 3.8) is 0 Å². The van der Waals surface area contributed by atoms with Gasteiger partial charge in [-0.2, -0.15) is 0 Å². The molecule has 2 aliphatic heterocycles. The van der Waals surface area contributed by atoms with E-state index in [9.17, 15) is 0 Å². The van der Waals surface area contributed by atoms with E-state index >= 15 is 0 Å². The minimum atomic E-state index is 0.272. The third-order valence-electron chi connectivity index (χ3n) is 3.53. The van der Waals surface area contributed by atoms with Gasteiger partial charge in [0.25, 0.3) is 0 Å². The summed E-state index contributed by atoms with van der Waals surface area (Å²) in [6.07, 6.45) is 11.5. The molecular weight excluding hydrogens is 220 g/mol. The molecule has 2 heteroatoms. The molecule has 3 aliphatic rings. The van der Waals surface area contributed by atoms with E-state index in [1.54, 1.807) is 0 Å². The van der Waals surface area contributed by atoms with Crippen molar-refractivity contribution in [2.24, 2.45) is 9.98 Å². The summed E-state index contributed by atoms with van der Waals surface area (Å²) in [6.45, 7) is 0. The summed E-state index contributed by atoms with van der Waals surface area (Å²) in [5.74, 6) is 0. The second-order valence-corrected chi connectivity index (χ2v) is 4.74. The number of rotatable bonds is 0. The van der Waals surface area contributed by atoms with Crippen molar-refractivity contribution in [3.05, 3.63) is 59.7 Å². The van der Waals surface area contributed by atoms with E-state index in [0.29, 0.717) is 0 Å². The fourth-order valence-corrected chi connectivity index (χ4v) is 2.63. The Hall–Kier alpha value is -2.22. The number of aliphatic imine (C=N–C) groups is 2. The van der Waals surface area contributed by atoms with Crippen molar-refractivity contribution >= 4 is 23.2 Å². The zero-order chi connectivity index (χ0) is 11.9. The molecule has 0 radical (unpaired) electrons. The molecule has 86 valence electrons. The molecule has 0 aromatic heterocycles. The van der Waals surface area contributed by atoms with Gasteiger partial charge < -0.3 is 0 Å². The van der Waals surface area contributed by atoms with Crippen molar-refractivity contribution in [2.75, 3.05) is 0 Å². The average molecular weight is 232 g/mol. The van der Waals surface area contributed by atoms with Gasteiger partial charge in [-0.25, -0.2) is 4.99 Å². The number of hydrogen-bond donors (Lipinski definition) is 0.